The second-order valence-corrected chi connectivity index (χ2v) is 5.84. The molecule has 0 amide bonds. The molecule has 0 radical (unpaired) electrons. The van der Waals surface area contributed by atoms with E-state index in [1.807, 2.05) is 0 Å². The van der Waals surface area contributed by atoms with Gasteiger partial charge in [-0.3, -0.25) is 19.7 Å². The number of carbonyl (C=O) groups excluding carboxylic acids is 2. The first-order valence-corrected chi connectivity index (χ1v) is 8.01. The molecule has 7 heteroatoms. The van der Waals surface area contributed by atoms with E-state index in [4.69, 9.17) is 4.74 Å². The van der Waals surface area contributed by atoms with Crippen LogP contribution < -0.4 is 4.74 Å². The summed E-state index contributed by atoms with van der Waals surface area (Å²) in [5.74, 6) is -1.75. The molecule has 0 aliphatic heterocycles. The molecule has 0 fully saturated rings. The van der Waals surface area contributed by atoms with Gasteiger partial charge in [0, 0.05) is 22.8 Å². The predicted molar refractivity (Wildman–Crippen MR) is 97.2 cm³/mol. The molecule has 0 bridgehead atoms. The zero-order valence-corrected chi connectivity index (χ0v) is 14.1. The summed E-state index contributed by atoms with van der Waals surface area (Å²) < 4.78 is 5.44. The van der Waals surface area contributed by atoms with Crippen molar-refractivity contribution in [1.82, 2.24) is 0 Å². The van der Waals surface area contributed by atoms with Crippen LogP contribution >= 0.6 is 0 Å². The van der Waals surface area contributed by atoms with Gasteiger partial charge in [-0.2, -0.15) is 0 Å². The number of rotatable bonds is 6. The molecule has 1 N–H and O–H groups in total. The zero-order chi connectivity index (χ0) is 19.6. The van der Waals surface area contributed by atoms with E-state index in [2.05, 4.69) is 6.58 Å². The number of ketones is 2. The summed E-state index contributed by atoms with van der Waals surface area (Å²) in [6, 6.07) is 12.1. The van der Waals surface area contributed by atoms with Crippen LogP contribution in [0.3, 0.4) is 0 Å². The minimum absolute atomic E-state index is 0.0473. The Bertz CT molecular complexity index is 956. The van der Waals surface area contributed by atoms with Crippen molar-refractivity contribution in [1.29, 1.82) is 0 Å². The maximum absolute atomic E-state index is 12.7. The van der Waals surface area contributed by atoms with Crippen LogP contribution in [0.5, 0.6) is 5.75 Å². The van der Waals surface area contributed by atoms with Crippen LogP contribution in [0.1, 0.15) is 26.3 Å². The standard InChI is InChI=1S/C20H15NO6/c1-2-11-27-16-10-6-3-7-13(16)12-17(21(25)26)20(24)18(22)14-8-4-5-9-15(14)19(20)23/h2-10,12,24H,1,11H2/b17-12-. The number of nitrogens with zero attached hydrogens (tertiary/aromatic N) is 1. The summed E-state index contributed by atoms with van der Waals surface area (Å²) in [7, 11) is 0. The number of nitro groups is 1. The number of Topliss-reactive ketones (excluding diaryl/α,β-unsaturated/α-hetero) is 2. The Morgan fingerprint density at radius 2 is 1.67 bits per heavy atom. The Balaban J connectivity index is 2.14. The fraction of sp³-hybridized carbons (Fsp3) is 0.100. The zero-order valence-electron chi connectivity index (χ0n) is 14.1. The van der Waals surface area contributed by atoms with Gasteiger partial charge >= 0.3 is 0 Å². The molecule has 0 aromatic heterocycles. The third-order valence-electron chi connectivity index (χ3n) is 4.21. The molecule has 0 saturated heterocycles. The molecule has 1 aliphatic rings. The molecule has 7 nitrogen and oxygen atoms in total. The summed E-state index contributed by atoms with van der Waals surface area (Å²) >= 11 is 0. The lowest BCUT2D eigenvalue weighted by Crippen LogP contribution is -2.45. The number of para-hydroxylation sites is 1. The monoisotopic (exact) mass is 365 g/mol. The number of hydrogen-bond acceptors (Lipinski definition) is 6. The molecule has 2 aromatic carbocycles. The highest BCUT2D eigenvalue weighted by Gasteiger charge is 2.60. The van der Waals surface area contributed by atoms with Gasteiger partial charge in [0.25, 0.3) is 11.3 Å². The molecule has 1 aliphatic carbocycles. The Labute approximate surface area is 154 Å². The first kappa shape index (κ1) is 18.2. The van der Waals surface area contributed by atoms with Crippen molar-refractivity contribution in [2.24, 2.45) is 0 Å². The van der Waals surface area contributed by atoms with Crippen LogP contribution in [0.2, 0.25) is 0 Å². The van der Waals surface area contributed by atoms with E-state index in [9.17, 15) is 24.8 Å². The number of fused-ring (bicyclic) bond motifs is 1. The van der Waals surface area contributed by atoms with Crippen LogP contribution in [0, 0.1) is 10.1 Å². The van der Waals surface area contributed by atoms with Crippen molar-refractivity contribution in [3.8, 4) is 5.75 Å². The molecule has 0 spiro atoms. The molecule has 27 heavy (non-hydrogen) atoms. The summed E-state index contributed by atoms with van der Waals surface area (Å²) in [5, 5.41) is 22.5. The van der Waals surface area contributed by atoms with Gasteiger partial charge in [-0.15, -0.1) is 0 Å². The number of hydrogen-bond donors (Lipinski definition) is 1. The van der Waals surface area contributed by atoms with Crippen LogP contribution in [-0.2, 0) is 0 Å². The molecular weight excluding hydrogens is 350 g/mol. The van der Waals surface area contributed by atoms with Crippen molar-refractivity contribution >= 4 is 17.6 Å². The molecule has 0 atom stereocenters. The maximum atomic E-state index is 12.7. The summed E-state index contributed by atoms with van der Waals surface area (Å²) in [5.41, 5.74) is -3.67. The molecular formula is C20H15NO6. The highest BCUT2D eigenvalue weighted by molar-refractivity contribution is 6.33. The third-order valence-corrected chi connectivity index (χ3v) is 4.21. The number of aliphatic hydroxyl groups is 1. The van der Waals surface area contributed by atoms with E-state index >= 15 is 0 Å². The fourth-order valence-electron chi connectivity index (χ4n) is 2.92. The quantitative estimate of drug-likeness (QED) is 0.365. The average Bonchev–Trinajstić information content (AvgIpc) is 2.87. The smallest absolute Gasteiger partial charge is 0.294 e. The lowest BCUT2D eigenvalue weighted by molar-refractivity contribution is -0.435. The van der Waals surface area contributed by atoms with Crippen LogP contribution in [0.4, 0.5) is 0 Å². The third kappa shape index (κ3) is 2.94. The first-order valence-electron chi connectivity index (χ1n) is 8.01. The second kappa shape index (κ2) is 6.97. The number of ether oxygens (including phenoxy) is 1. The van der Waals surface area contributed by atoms with Crippen molar-refractivity contribution in [2.45, 2.75) is 5.60 Å². The normalized spacial score (nSPS) is 15.4. The van der Waals surface area contributed by atoms with Gasteiger partial charge in [-0.25, -0.2) is 0 Å². The van der Waals surface area contributed by atoms with E-state index < -0.39 is 27.8 Å². The topological polar surface area (TPSA) is 107 Å². The highest BCUT2D eigenvalue weighted by atomic mass is 16.6. The Hall–Kier alpha value is -3.58. The van der Waals surface area contributed by atoms with Crippen LogP contribution in [-0.4, -0.2) is 33.8 Å². The van der Waals surface area contributed by atoms with E-state index in [-0.39, 0.29) is 29.0 Å². The maximum Gasteiger partial charge on any atom is 0.294 e. The van der Waals surface area contributed by atoms with Gasteiger partial charge in [0.2, 0.25) is 11.6 Å². The van der Waals surface area contributed by atoms with Gasteiger partial charge in [-0.05, 0) is 6.07 Å². The number of carbonyl (C=O) groups is 2. The van der Waals surface area contributed by atoms with Gasteiger partial charge in [0.15, 0.2) is 0 Å². The van der Waals surface area contributed by atoms with E-state index in [1.165, 1.54) is 36.4 Å². The van der Waals surface area contributed by atoms with Crippen molar-refractivity contribution in [3.05, 3.63) is 93.7 Å². The summed E-state index contributed by atoms with van der Waals surface area (Å²) in [6.07, 6.45) is 2.49. The van der Waals surface area contributed by atoms with Gasteiger partial charge < -0.3 is 9.84 Å². The van der Waals surface area contributed by atoms with Crippen molar-refractivity contribution in [2.75, 3.05) is 6.61 Å². The summed E-state index contributed by atoms with van der Waals surface area (Å²) in [4.78, 5) is 36.1. The number of benzene rings is 2. The highest BCUT2D eigenvalue weighted by Crippen LogP contribution is 2.37. The molecule has 3 rings (SSSR count). The van der Waals surface area contributed by atoms with Crippen LogP contribution in [0.25, 0.3) is 6.08 Å². The lowest BCUT2D eigenvalue weighted by atomic mass is 9.92. The van der Waals surface area contributed by atoms with Gasteiger partial charge in [0.1, 0.15) is 12.4 Å². The molecule has 0 saturated carbocycles. The van der Waals surface area contributed by atoms with E-state index in [0.29, 0.717) is 0 Å². The minimum atomic E-state index is -2.89. The average molecular weight is 365 g/mol. The van der Waals surface area contributed by atoms with Crippen LogP contribution in [0.15, 0.2) is 66.9 Å². The molecule has 2 aromatic rings. The van der Waals surface area contributed by atoms with Gasteiger partial charge in [-0.1, -0.05) is 55.1 Å². The van der Waals surface area contributed by atoms with Crippen molar-refractivity contribution in [3.63, 3.8) is 0 Å². The molecule has 136 valence electrons. The SMILES string of the molecule is C=CCOc1ccccc1/C=C(\[N+](=O)[O-])C1(O)C(=O)c2ccccc2C1=O. The second-order valence-electron chi connectivity index (χ2n) is 5.84. The Morgan fingerprint density at radius 1 is 1.11 bits per heavy atom. The molecule has 0 unspecified atom stereocenters. The largest absolute Gasteiger partial charge is 0.489 e. The van der Waals surface area contributed by atoms with Crippen molar-refractivity contribution < 1.29 is 24.4 Å². The molecule has 0 heterocycles. The fourth-order valence-corrected chi connectivity index (χ4v) is 2.92. The first-order chi connectivity index (χ1) is 12.9. The van der Waals surface area contributed by atoms with E-state index in [1.54, 1.807) is 18.2 Å². The predicted octanol–water partition coefficient (Wildman–Crippen LogP) is 2.68. The lowest BCUT2D eigenvalue weighted by Gasteiger charge is -2.16. The van der Waals surface area contributed by atoms with E-state index in [0.717, 1.165) is 6.08 Å². The van der Waals surface area contributed by atoms with Gasteiger partial charge in [0.05, 0.1) is 4.92 Å². The Kier molecular flexibility index (Phi) is 4.70. The minimum Gasteiger partial charge on any atom is -0.489 e. The summed E-state index contributed by atoms with van der Waals surface area (Å²) in [6.45, 7) is 3.69. The Morgan fingerprint density at radius 3 is 2.22 bits per heavy atom.